The summed E-state index contributed by atoms with van der Waals surface area (Å²) in [6, 6.07) is 7.65. The highest BCUT2D eigenvalue weighted by Gasteiger charge is 2.08. The number of hydrogen-bond donors (Lipinski definition) is 1. The molecule has 1 aromatic rings. The summed E-state index contributed by atoms with van der Waals surface area (Å²) in [7, 11) is 1.77. The fourth-order valence-corrected chi connectivity index (χ4v) is 1.58. The largest absolute Gasteiger partial charge is 0.490 e. The molecule has 106 valence electrons. The molecule has 0 aliphatic carbocycles. The van der Waals surface area contributed by atoms with Gasteiger partial charge in [0.25, 0.3) is 0 Å². The molecule has 4 heteroatoms. The fraction of sp³-hybridized carbons (Fsp3) is 0.312. The highest BCUT2D eigenvalue weighted by molar-refractivity contribution is 5.78. The van der Waals surface area contributed by atoms with Crippen LogP contribution in [0.4, 0.5) is 0 Å². The van der Waals surface area contributed by atoms with E-state index < -0.39 is 0 Å². The summed E-state index contributed by atoms with van der Waals surface area (Å²) in [5.41, 5.74) is 1.05. The van der Waals surface area contributed by atoms with E-state index in [1.165, 1.54) is 0 Å². The summed E-state index contributed by atoms with van der Waals surface area (Å²) in [6.07, 6.45) is 6.81. The first-order valence-electron chi connectivity index (χ1n) is 6.38. The maximum absolute atomic E-state index is 11.8. The number of ether oxygens (including phenoxy) is 1. The predicted molar refractivity (Wildman–Crippen MR) is 80.3 cm³/mol. The maximum Gasteiger partial charge on any atom is 0.236 e. The van der Waals surface area contributed by atoms with Crippen molar-refractivity contribution in [2.75, 3.05) is 26.7 Å². The van der Waals surface area contributed by atoms with Gasteiger partial charge in [-0.15, -0.1) is 6.42 Å². The van der Waals surface area contributed by atoms with E-state index in [2.05, 4.69) is 17.8 Å². The number of likely N-dealkylation sites (N-methyl/N-ethyl adjacent to an activating group) is 1. The molecule has 1 aromatic carbocycles. The Kier molecular flexibility index (Phi) is 6.94. The van der Waals surface area contributed by atoms with Gasteiger partial charge in [-0.1, -0.05) is 30.7 Å². The molecule has 0 radical (unpaired) electrons. The Morgan fingerprint density at radius 2 is 2.20 bits per heavy atom. The van der Waals surface area contributed by atoms with Crippen molar-refractivity contribution >= 4 is 5.91 Å². The fourth-order valence-electron chi connectivity index (χ4n) is 1.58. The average molecular weight is 272 g/mol. The van der Waals surface area contributed by atoms with Gasteiger partial charge in [-0.25, -0.2) is 0 Å². The van der Waals surface area contributed by atoms with Gasteiger partial charge >= 0.3 is 0 Å². The second kappa shape index (κ2) is 8.78. The molecule has 0 bridgehead atoms. The van der Waals surface area contributed by atoms with Gasteiger partial charge in [-0.2, -0.15) is 0 Å². The van der Waals surface area contributed by atoms with Crippen molar-refractivity contribution in [3.63, 3.8) is 0 Å². The zero-order chi connectivity index (χ0) is 14.8. The second-order valence-electron chi connectivity index (χ2n) is 4.30. The zero-order valence-corrected chi connectivity index (χ0v) is 11.8. The van der Waals surface area contributed by atoms with Crippen molar-refractivity contribution < 1.29 is 9.53 Å². The first kappa shape index (κ1) is 15.8. The van der Waals surface area contributed by atoms with E-state index in [9.17, 15) is 4.79 Å². The van der Waals surface area contributed by atoms with Crippen molar-refractivity contribution in [3.05, 3.63) is 42.5 Å². The van der Waals surface area contributed by atoms with Crippen LogP contribution in [0.1, 0.15) is 5.56 Å². The van der Waals surface area contributed by atoms with Gasteiger partial charge in [0, 0.05) is 13.6 Å². The molecular formula is C16H20N2O2. The molecule has 0 aliphatic heterocycles. The Balaban J connectivity index is 2.45. The van der Waals surface area contributed by atoms with Crippen LogP contribution in [0.3, 0.4) is 0 Å². The van der Waals surface area contributed by atoms with Gasteiger partial charge < -0.3 is 9.64 Å². The lowest BCUT2D eigenvalue weighted by molar-refractivity contribution is -0.129. The SMILES string of the molecule is C#CCNCC(=O)N(C)Cc1ccc(OCC=C)cc1. The normalized spacial score (nSPS) is 9.60. The van der Waals surface area contributed by atoms with Gasteiger partial charge in [0.2, 0.25) is 5.91 Å². The molecule has 0 fully saturated rings. The Bertz CT molecular complexity index is 474. The van der Waals surface area contributed by atoms with Gasteiger partial charge in [0.1, 0.15) is 12.4 Å². The minimum atomic E-state index is 0.00670. The molecule has 4 nitrogen and oxygen atoms in total. The lowest BCUT2D eigenvalue weighted by Crippen LogP contribution is -2.35. The maximum atomic E-state index is 11.8. The van der Waals surface area contributed by atoms with Gasteiger partial charge in [-0.3, -0.25) is 10.1 Å². The van der Waals surface area contributed by atoms with Crippen molar-refractivity contribution in [1.29, 1.82) is 0 Å². The van der Waals surface area contributed by atoms with E-state index in [4.69, 9.17) is 11.2 Å². The number of amides is 1. The number of nitrogens with zero attached hydrogens (tertiary/aromatic N) is 1. The highest BCUT2D eigenvalue weighted by Crippen LogP contribution is 2.13. The smallest absolute Gasteiger partial charge is 0.236 e. The molecule has 1 amide bonds. The van der Waals surface area contributed by atoms with Crippen molar-refractivity contribution in [2.24, 2.45) is 0 Å². The van der Waals surface area contributed by atoms with Crippen LogP contribution in [0.15, 0.2) is 36.9 Å². The molecule has 0 saturated heterocycles. The Morgan fingerprint density at radius 3 is 2.80 bits per heavy atom. The summed E-state index contributed by atoms with van der Waals surface area (Å²) < 4.78 is 5.40. The van der Waals surface area contributed by atoms with Gasteiger partial charge in [-0.05, 0) is 17.7 Å². The van der Waals surface area contributed by atoms with Crippen molar-refractivity contribution in [3.8, 4) is 18.1 Å². The molecular weight excluding hydrogens is 252 g/mol. The van der Waals surface area contributed by atoms with Crippen LogP contribution in [0.5, 0.6) is 5.75 Å². The minimum absolute atomic E-state index is 0.00670. The van der Waals surface area contributed by atoms with E-state index in [1.807, 2.05) is 24.3 Å². The second-order valence-corrected chi connectivity index (χ2v) is 4.30. The molecule has 0 aromatic heterocycles. The van der Waals surface area contributed by atoms with Gasteiger partial charge in [0.15, 0.2) is 0 Å². The standard InChI is InChI=1S/C16H20N2O2/c1-4-10-17-12-16(19)18(3)13-14-6-8-15(9-7-14)20-11-5-2/h1,5-9,17H,2,10-13H2,3H3. The molecule has 0 atom stereocenters. The van der Waals surface area contributed by atoms with E-state index in [0.717, 1.165) is 11.3 Å². The molecule has 0 saturated carbocycles. The van der Waals surface area contributed by atoms with Crippen LogP contribution < -0.4 is 10.1 Å². The van der Waals surface area contributed by atoms with Crippen LogP contribution in [0, 0.1) is 12.3 Å². The molecule has 0 aliphatic rings. The van der Waals surface area contributed by atoms with Crippen molar-refractivity contribution in [2.45, 2.75) is 6.54 Å². The number of benzene rings is 1. The molecule has 0 heterocycles. The monoisotopic (exact) mass is 272 g/mol. The third-order valence-electron chi connectivity index (χ3n) is 2.64. The lowest BCUT2D eigenvalue weighted by atomic mass is 10.2. The Labute approximate surface area is 120 Å². The summed E-state index contributed by atoms with van der Waals surface area (Å²) >= 11 is 0. The van der Waals surface area contributed by atoms with Crippen LogP contribution >= 0.6 is 0 Å². The summed E-state index contributed by atoms with van der Waals surface area (Å²) in [5.74, 6) is 3.23. The number of terminal acetylenes is 1. The predicted octanol–water partition coefficient (Wildman–Crippen LogP) is 1.43. The number of hydrogen-bond acceptors (Lipinski definition) is 3. The van der Waals surface area contributed by atoms with Crippen LogP contribution in [-0.4, -0.2) is 37.6 Å². The van der Waals surface area contributed by atoms with Crippen LogP contribution in [-0.2, 0) is 11.3 Å². The number of carbonyl (C=O) groups is 1. The molecule has 1 N–H and O–H groups in total. The van der Waals surface area contributed by atoms with Crippen molar-refractivity contribution in [1.82, 2.24) is 10.2 Å². The highest BCUT2D eigenvalue weighted by atomic mass is 16.5. The minimum Gasteiger partial charge on any atom is -0.490 e. The molecule has 0 spiro atoms. The third-order valence-corrected chi connectivity index (χ3v) is 2.64. The summed E-state index contributed by atoms with van der Waals surface area (Å²) in [4.78, 5) is 13.4. The van der Waals surface area contributed by atoms with E-state index in [1.54, 1.807) is 18.0 Å². The number of rotatable bonds is 8. The van der Waals surface area contributed by atoms with Gasteiger partial charge in [0.05, 0.1) is 13.1 Å². The first-order chi connectivity index (χ1) is 9.67. The topological polar surface area (TPSA) is 41.6 Å². The molecule has 20 heavy (non-hydrogen) atoms. The quantitative estimate of drug-likeness (QED) is 0.442. The summed E-state index contributed by atoms with van der Waals surface area (Å²) in [6.45, 7) is 5.28. The molecule has 0 unspecified atom stereocenters. The van der Waals surface area contributed by atoms with Crippen LogP contribution in [0.25, 0.3) is 0 Å². The Hall–Kier alpha value is -2.25. The van der Waals surface area contributed by atoms with E-state index in [0.29, 0.717) is 19.7 Å². The zero-order valence-electron chi connectivity index (χ0n) is 11.8. The number of nitrogens with one attached hydrogen (secondary N) is 1. The first-order valence-corrected chi connectivity index (χ1v) is 6.38. The number of carbonyl (C=O) groups excluding carboxylic acids is 1. The average Bonchev–Trinajstić information content (AvgIpc) is 2.46. The van der Waals surface area contributed by atoms with E-state index >= 15 is 0 Å². The third kappa shape index (κ3) is 5.59. The van der Waals surface area contributed by atoms with Crippen LogP contribution in [0.2, 0.25) is 0 Å². The molecule has 1 rings (SSSR count). The van der Waals surface area contributed by atoms with E-state index in [-0.39, 0.29) is 12.5 Å². The Morgan fingerprint density at radius 1 is 1.50 bits per heavy atom. The summed E-state index contributed by atoms with van der Waals surface area (Å²) in [5, 5.41) is 2.88. The lowest BCUT2D eigenvalue weighted by Gasteiger charge is -2.17.